The Labute approximate surface area is 208 Å². The largest absolute Gasteiger partial charge is 0.490 e. The summed E-state index contributed by atoms with van der Waals surface area (Å²) < 4.78 is 39.7. The standard InChI is InChI=1S/C21H24N6O3.C2HF3O2/c1-10(28)26-7-6-12(8-26)27-13-4-5-14(29)16-18(25-30-19(16)11-2-3-11)15(13)17-20(22)23-9-24-21(17)27;3-2(4,5)1(6)7/h9,11-12,14,29H,2-8H2,1H3,(H2,22,23,24);(H,6,7). The molecule has 4 N–H and O–H groups in total. The van der Waals surface area contributed by atoms with Gasteiger partial charge in [-0.1, -0.05) is 5.16 Å². The number of alkyl halides is 3. The molecule has 3 aromatic heterocycles. The number of aliphatic hydroxyl groups is 1. The van der Waals surface area contributed by atoms with Crippen LogP contribution in [-0.2, 0) is 16.0 Å². The lowest BCUT2D eigenvalue weighted by molar-refractivity contribution is -0.192. The van der Waals surface area contributed by atoms with E-state index in [4.69, 9.17) is 20.2 Å². The molecule has 37 heavy (non-hydrogen) atoms. The lowest BCUT2D eigenvalue weighted by Crippen LogP contribution is -2.26. The minimum atomic E-state index is -5.08. The zero-order valence-corrected chi connectivity index (χ0v) is 19.8. The van der Waals surface area contributed by atoms with E-state index in [-0.39, 0.29) is 11.9 Å². The number of fused-ring (bicyclic) bond motifs is 5. The summed E-state index contributed by atoms with van der Waals surface area (Å²) in [7, 11) is 0. The van der Waals surface area contributed by atoms with E-state index in [2.05, 4.69) is 19.7 Å². The number of nitrogen functional groups attached to an aromatic ring is 1. The van der Waals surface area contributed by atoms with Crippen molar-refractivity contribution in [3.8, 4) is 11.3 Å². The third-order valence-electron chi connectivity index (χ3n) is 7.06. The highest BCUT2D eigenvalue weighted by atomic mass is 19.4. The number of amides is 1. The summed E-state index contributed by atoms with van der Waals surface area (Å²) in [4.78, 5) is 31.5. The van der Waals surface area contributed by atoms with Gasteiger partial charge in [0.25, 0.3) is 0 Å². The van der Waals surface area contributed by atoms with E-state index in [0.29, 0.717) is 36.8 Å². The lowest BCUT2D eigenvalue weighted by Gasteiger charge is -2.19. The highest BCUT2D eigenvalue weighted by Crippen LogP contribution is 2.50. The van der Waals surface area contributed by atoms with Crippen LogP contribution in [0.25, 0.3) is 22.3 Å². The number of aliphatic hydroxyl groups excluding tert-OH is 1. The van der Waals surface area contributed by atoms with Crippen LogP contribution < -0.4 is 5.73 Å². The molecule has 0 bridgehead atoms. The number of nitrogens with zero attached hydrogens (tertiary/aromatic N) is 5. The van der Waals surface area contributed by atoms with Crippen LogP contribution >= 0.6 is 0 Å². The highest BCUT2D eigenvalue weighted by Gasteiger charge is 2.40. The minimum absolute atomic E-state index is 0.0810. The predicted octanol–water partition coefficient (Wildman–Crippen LogP) is 2.95. The van der Waals surface area contributed by atoms with Gasteiger partial charge in [-0.3, -0.25) is 4.79 Å². The van der Waals surface area contributed by atoms with Gasteiger partial charge in [0.2, 0.25) is 5.91 Å². The third kappa shape index (κ3) is 4.38. The molecule has 6 rings (SSSR count). The average molecular weight is 522 g/mol. The number of aliphatic carboxylic acids is 1. The molecule has 198 valence electrons. The Hall–Kier alpha value is -3.68. The number of likely N-dealkylation sites (tertiary alicyclic amines) is 1. The fraction of sp³-hybridized carbons (Fsp3) is 0.522. The summed E-state index contributed by atoms with van der Waals surface area (Å²) in [5, 5.41) is 23.3. The van der Waals surface area contributed by atoms with E-state index in [1.54, 1.807) is 6.92 Å². The van der Waals surface area contributed by atoms with E-state index < -0.39 is 18.2 Å². The second-order valence-electron chi connectivity index (χ2n) is 9.50. The van der Waals surface area contributed by atoms with Crippen molar-refractivity contribution in [1.29, 1.82) is 0 Å². The van der Waals surface area contributed by atoms with Crippen molar-refractivity contribution in [3.05, 3.63) is 23.3 Å². The molecule has 3 aliphatic rings. The van der Waals surface area contributed by atoms with Crippen LogP contribution in [0.15, 0.2) is 10.9 Å². The summed E-state index contributed by atoms with van der Waals surface area (Å²) in [6, 6.07) is 0.1000. The number of hydrogen-bond donors (Lipinski definition) is 3. The molecule has 2 aliphatic carbocycles. The number of aromatic nitrogens is 4. The first-order valence-corrected chi connectivity index (χ1v) is 11.9. The van der Waals surface area contributed by atoms with Gasteiger partial charge < -0.3 is 29.9 Å². The number of rotatable bonds is 2. The number of carbonyl (C=O) groups is 2. The molecule has 0 radical (unpaired) electrons. The van der Waals surface area contributed by atoms with Crippen molar-refractivity contribution >= 4 is 28.7 Å². The first-order valence-electron chi connectivity index (χ1n) is 11.9. The Bertz CT molecular complexity index is 1380. The highest BCUT2D eigenvalue weighted by molar-refractivity contribution is 6.02. The summed E-state index contributed by atoms with van der Waals surface area (Å²) in [6.45, 7) is 2.96. The maximum atomic E-state index is 11.9. The summed E-state index contributed by atoms with van der Waals surface area (Å²) in [5.74, 6) is -1.12. The summed E-state index contributed by atoms with van der Waals surface area (Å²) in [6.07, 6.45) is 0.00683. The van der Waals surface area contributed by atoms with Gasteiger partial charge in [0.1, 0.15) is 29.2 Å². The quantitative estimate of drug-likeness (QED) is 0.460. The third-order valence-corrected chi connectivity index (χ3v) is 7.06. The van der Waals surface area contributed by atoms with Crippen LogP contribution in [0.1, 0.15) is 67.7 Å². The van der Waals surface area contributed by atoms with Gasteiger partial charge in [-0.15, -0.1) is 0 Å². The van der Waals surface area contributed by atoms with Crippen molar-refractivity contribution in [2.45, 2.75) is 63.3 Å². The average Bonchev–Trinajstić information content (AvgIpc) is 3.28. The molecule has 14 heteroatoms. The van der Waals surface area contributed by atoms with Gasteiger partial charge in [0.05, 0.1) is 23.1 Å². The molecule has 1 aliphatic heterocycles. The molecule has 1 amide bonds. The van der Waals surface area contributed by atoms with Gasteiger partial charge in [-0.25, -0.2) is 14.8 Å². The van der Waals surface area contributed by atoms with Crippen molar-refractivity contribution in [1.82, 2.24) is 24.6 Å². The minimum Gasteiger partial charge on any atom is -0.475 e. The first-order chi connectivity index (χ1) is 17.5. The van der Waals surface area contributed by atoms with E-state index in [0.717, 1.165) is 59.4 Å². The van der Waals surface area contributed by atoms with Crippen LogP contribution in [0.3, 0.4) is 0 Å². The van der Waals surface area contributed by atoms with Gasteiger partial charge in [-0.05, 0) is 32.1 Å². The van der Waals surface area contributed by atoms with Crippen LogP contribution in [0.5, 0.6) is 0 Å². The first kappa shape index (κ1) is 25.0. The number of nitrogens with two attached hydrogens (primary N) is 1. The Kier molecular flexibility index (Phi) is 6.09. The molecular formula is C23H25F3N6O5. The molecule has 2 fully saturated rings. The second kappa shape index (κ2) is 9.01. The van der Waals surface area contributed by atoms with Gasteiger partial charge in [0, 0.05) is 37.2 Å². The van der Waals surface area contributed by atoms with Crippen LogP contribution in [0.2, 0.25) is 0 Å². The van der Waals surface area contributed by atoms with Crippen LogP contribution in [-0.4, -0.2) is 65.9 Å². The summed E-state index contributed by atoms with van der Waals surface area (Å²) >= 11 is 0. The smallest absolute Gasteiger partial charge is 0.475 e. The Balaban J connectivity index is 0.000000355. The molecule has 1 saturated heterocycles. The molecular weight excluding hydrogens is 497 g/mol. The molecule has 3 aromatic rings. The van der Waals surface area contributed by atoms with E-state index >= 15 is 0 Å². The van der Waals surface area contributed by atoms with Crippen molar-refractivity contribution in [2.75, 3.05) is 18.8 Å². The number of carbonyl (C=O) groups excluding carboxylic acids is 1. The Morgan fingerprint density at radius 2 is 1.89 bits per heavy atom. The lowest BCUT2D eigenvalue weighted by atomic mass is 10.0. The Morgan fingerprint density at radius 3 is 2.49 bits per heavy atom. The molecule has 2 atom stereocenters. The molecule has 0 aromatic carbocycles. The maximum Gasteiger partial charge on any atom is 0.490 e. The molecule has 0 spiro atoms. The van der Waals surface area contributed by atoms with Gasteiger partial charge in [0.15, 0.2) is 0 Å². The second-order valence-corrected chi connectivity index (χ2v) is 9.50. The maximum absolute atomic E-state index is 11.9. The number of carboxylic acids is 1. The number of anilines is 1. The van der Waals surface area contributed by atoms with Crippen LogP contribution in [0.4, 0.5) is 19.0 Å². The summed E-state index contributed by atoms with van der Waals surface area (Å²) in [5.41, 5.74) is 10.5. The molecule has 1 saturated carbocycles. The zero-order valence-electron chi connectivity index (χ0n) is 19.8. The fourth-order valence-electron chi connectivity index (χ4n) is 5.21. The van der Waals surface area contributed by atoms with Crippen molar-refractivity contribution in [3.63, 3.8) is 0 Å². The normalized spacial score (nSPS) is 21.2. The van der Waals surface area contributed by atoms with Gasteiger partial charge >= 0.3 is 12.1 Å². The molecule has 4 heterocycles. The zero-order chi connectivity index (χ0) is 26.6. The number of hydrogen-bond acceptors (Lipinski definition) is 8. The van der Waals surface area contributed by atoms with E-state index in [9.17, 15) is 23.1 Å². The van der Waals surface area contributed by atoms with Gasteiger partial charge in [-0.2, -0.15) is 13.2 Å². The Morgan fingerprint density at radius 1 is 1.19 bits per heavy atom. The van der Waals surface area contributed by atoms with E-state index in [1.807, 2.05) is 4.90 Å². The molecule has 2 unspecified atom stereocenters. The SMILES string of the molecule is CC(=O)N1CCC(n2c3c(c4c(N)ncnc42)-c2noc(C4CC4)c2C(O)CC3)C1.O=C(O)C(F)(F)F. The monoisotopic (exact) mass is 522 g/mol. The van der Waals surface area contributed by atoms with Crippen LogP contribution in [0, 0.1) is 0 Å². The van der Waals surface area contributed by atoms with E-state index in [1.165, 1.54) is 6.33 Å². The predicted molar refractivity (Wildman–Crippen MR) is 122 cm³/mol. The van der Waals surface area contributed by atoms with Crippen molar-refractivity contribution < 1.29 is 37.5 Å². The fourth-order valence-corrected chi connectivity index (χ4v) is 5.21. The topological polar surface area (TPSA) is 161 Å². The van der Waals surface area contributed by atoms with Crippen molar-refractivity contribution in [2.24, 2.45) is 0 Å². The molecule has 11 nitrogen and oxygen atoms in total. The number of halogens is 3. The number of carboxylic acid groups (broad SMARTS) is 1.